The Balaban J connectivity index is 2.05. The Bertz CT molecular complexity index is 394. The van der Waals surface area contributed by atoms with E-state index in [1.54, 1.807) is 0 Å². The van der Waals surface area contributed by atoms with Crippen LogP contribution in [0.15, 0.2) is 0 Å². The number of rotatable bonds is 1. The average molecular weight is 238 g/mol. The van der Waals surface area contributed by atoms with Gasteiger partial charge in [-0.05, 0) is 25.7 Å². The molecule has 0 amide bonds. The molecule has 2 heterocycles. The van der Waals surface area contributed by atoms with Crippen molar-refractivity contribution < 1.29 is 19.1 Å². The molecule has 1 saturated carbocycles. The van der Waals surface area contributed by atoms with Crippen molar-refractivity contribution in [3.05, 3.63) is 0 Å². The van der Waals surface area contributed by atoms with Crippen LogP contribution >= 0.6 is 0 Å². The summed E-state index contributed by atoms with van der Waals surface area (Å²) in [6, 6.07) is 0. The Morgan fingerprint density at radius 2 is 2.12 bits per heavy atom. The van der Waals surface area contributed by atoms with Crippen LogP contribution in [0.3, 0.4) is 0 Å². The van der Waals surface area contributed by atoms with E-state index in [4.69, 9.17) is 9.47 Å². The molecule has 0 aromatic heterocycles. The summed E-state index contributed by atoms with van der Waals surface area (Å²) < 4.78 is 11.2. The van der Waals surface area contributed by atoms with Crippen molar-refractivity contribution in [2.24, 2.45) is 11.3 Å². The van der Waals surface area contributed by atoms with Gasteiger partial charge in [0.05, 0.1) is 6.10 Å². The summed E-state index contributed by atoms with van der Waals surface area (Å²) in [5.41, 5.74) is -1.48. The second-order valence-electron chi connectivity index (χ2n) is 5.88. The molecule has 17 heavy (non-hydrogen) atoms. The van der Waals surface area contributed by atoms with Gasteiger partial charge in [0.1, 0.15) is 0 Å². The van der Waals surface area contributed by atoms with Crippen molar-refractivity contribution in [2.45, 2.75) is 57.8 Å². The molecule has 0 N–H and O–H groups in total. The Labute approximate surface area is 101 Å². The molecule has 4 nitrogen and oxygen atoms in total. The van der Waals surface area contributed by atoms with E-state index < -0.39 is 11.6 Å². The van der Waals surface area contributed by atoms with Gasteiger partial charge in [0, 0.05) is 5.41 Å². The first-order valence-corrected chi connectivity index (χ1v) is 6.34. The predicted octanol–water partition coefficient (Wildman–Crippen LogP) is 1.46. The van der Waals surface area contributed by atoms with Gasteiger partial charge in [0.15, 0.2) is 11.9 Å². The summed E-state index contributed by atoms with van der Waals surface area (Å²) in [5.74, 6) is -0.278. The quantitative estimate of drug-likeness (QED) is 0.512. The molecule has 5 unspecified atom stereocenters. The molecule has 3 aliphatic rings. The van der Waals surface area contributed by atoms with Crippen LogP contribution in [0.5, 0.6) is 0 Å². The molecular weight excluding hydrogens is 220 g/mol. The lowest BCUT2D eigenvalue weighted by Gasteiger charge is -2.47. The fourth-order valence-corrected chi connectivity index (χ4v) is 3.80. The second kappa shape index (κ2) is 3.10. The number of hydrogen-bond donors (Lipinski definition) is 0. The van der Waals surface area contributed by atoms with Crippen molar-refractivity contribution in [2.75, 3.05) is 0 Å². The predicted molar refractivity (Wildman–Crippen MR) is 59.3 cm³/mol. The van der Waals surface area contributed by atoms with Gasteiger partial charge in [0.2, 0.25) is 0 Å². The highest BCUT2D eigenvalue weighted by Crippen LogP contribution is 2.60. The van der Waals surface area contributed by atoms with Gasteiger partial charge < -0.3 is 9.47 Å². The monoisotopic (exact) mass is 238 g/mol. The molecule has 3 fully saturated rings. The molecule has 0 aromatic carbocycles. The molecule has 0 aromatic rings. The van der Waals surface area contributed by atoms with Crippen LogP contribution in [0, 0.1) is 11.3 Å². The molecule has 0 spiro atoms. The fraction of sp³-hybridized carbons (Fsp3) is 0.846. The number of carbonyl (C=O) groups is 2. The second-order valence-corrected chi connectivity index (χ2v) is 5.88. The highest BCUT2D eigenvalue weighted by Gasteiger charge is 2.77. The Morgan fingerprint density at radius 1 is 1.41 bits per heavy atom. The molecule has 0 bridgehead atoms. The van der Waals surface area contributed by atoms with Gasteiger partial charge in [-0.3, -0.25) is 4.79 Å². The maximum absolute atomic E-state index is 11.8. The van der Waals surface area contributed by atoms with Gasteiger partial charge in [-0.2, -0.15) is 0 Å². The lowest BCUT2D eigenvalue weighted by Crippen LogP contribution is -2.68. The molecule has 1 aliphatic carbocycles. The number of hydrogen-bond acceptors (Lipinski definition) is 4. The zero-order valence-electron chi connectivity index (χ0n) is 10.5. The Hall–Kier alpha value is -0.900. The molecule has 94 valence electrons. The standard InChI is InChI=1S/C13H18O4/c1-7-5-4-6-9-12(7,3)10-13(17-9,8(2)14)11(15)16-10/h7,9-10H,4-6H2,1-3H3. The first-order valence-electron chi connectivity index (χ1n) is 6.34. The minimum absolute atomic E-state index is 0.0217. The molecule has 0 radical (unpaired) electrons. The molecule has 5 atom stereocenters. The van der Waals surface area contributed by atoms with Crippen molar-refractivity contribution in [1.29, 1.82) is 0 Å². The third-order valence-corrected chi connectivity index (χ3v) is 5.17. The molecule has 4 heteroatoms. The van der Waals surface area contributed by atoms with Crippen LogP contribution in [0.1, 0.15) is 40.0 Å². The Kier molecular flexibility index (Phi) is 2.05. The fourth-order valence-electron chi connectivity index (χ4n) is 3.80. The highest BCUT2D eigenvalue weighted by atomic mass is 16.7. The van der Waals surface area contributed by atoms with E-state index >= 15 is 0 Å². The largest absolute Gasteiger partial charge is 0.455 e. The lowest BCUT2D eigenvalue weighted by atomic mass is 9.60. The third-order valence-electron chi connectivity index (χ3n) is 5.17. The van der Waals surface area contributed by atoms with Gasteiger partial charge in [-0.15, -0.1) is 0 Å². The van der Waals surface area contributed by atoms with Crippen LogP contribution in [0.4, 0.5) is 0 Å². The van der Waals surface area contributed by atoms with E-state index in [2.05, 4.69) is 13.8 Å². The summed E-state index contributed by atoms with van der Waals surface area (Å²) in [4.78, 5) is 23.5. The first-order chi connectivity index (χ1) is 7.94. The Morgan fingerprint density at radius 3 is 2.71 bits per heavy atom. The molecular formula is C13H18O4. The van der Waals surface area contributed by atoms with Crippen molar-refractivity contribution in [3.63, 3.8) is 0 Å². The maximum atomic E-state index is 11.8. The van der Waals surface area contributed by atoms with E-state index in [-0.39, 0.29) is 23.4 Å². The number of ether oxygens (including phenoxy) is 2. The summed E-state index contributed by atoms with van der Waals surface area (Å²) in [6.45, 7) is 5.69. The van der Waals surface area contributed by atoms with Gasteiger partial charge in [-0.1, -0.05) is 20.3 Å². The minimum atomic E-state index is -1.28. The number of ketones is 1. The van der Waals surface area contributed by atoms with Crippen LogP contribution in [0.2, 0.25) is 0 Å². The molecule has 3 rings (SSSR count). The summed E-state index contributed by atoms with van der Waals surface area (Å²) in [6.07, 6.45) is 2.73. The summed E-state index contributed by atoms with van der Waals surface area (Å²) in [7, 11) is 0. The van der Waals surface area contributed by atoms with Crippen LogP contribution in [-0.2, 0) is 19.1 Å². The van der Waals surface area contributed by atoms with Gasteiger partial charge in [0.25, 0.3) is 5.60 Å². The van der Waals surface area contributed by atoms with E-state index in [1.807, 2.05) is 0 Å². The van der Waals surface area contributed by atoms with Crippen molar-refractivity contribution in [3.8, 4) is 0 Å². The van der Waals surface area contributed by atoms with Crippen LogP contribution in [-0.4, -0.2) is 29.6 Å². The zero-order valence-corrected chi connectivity index (χ0v) is 10.5. The zero-order chi connectivity index (χ0) is 12.4. The number of Topliss-reactive ketones (excluding diaryl/α,β-unsaturated/α-hetero) is 1. The average Bonchev–Trinajstić information content (AvgIpc) is 2.48. The van der Waals surface area contributed by atoms with E-state index in [1.165, 1.54) is 6.92 Å². The molecule has 2 aliphatic heterocycles. The maximum Gasteiger partial charge on any atom is 0.350 e. The van der Waals surface area contributed by atoms with E-state index in [9.17, 15) is 9.59 Å². The van der Waals surface area contributed by atoms with Gasteiger partial charge in [-0.25, -0.2) is 4.79 Å². The summed E-state index contributed by atoms with van der Waals surface area (Å²) >= 11 is 0. The first kappa shape index (κ1) is 11.2. The minimum Gasteiger partial charge on any atom is -0.455 e. The number of carbonyl (C=O) groups excluding carboxylic acids is 2. The topological polar surface area (TPSA) is 52.6 Å². The van der Waals surface area contributed by atoms with Crippen LogP contribution in [0.25, 0.3) is 0 Å². The lowest BCUT2D eigenvalue weighted by molar-refractivity contribution is -0.223. The SMILES string of the molecule is CC(=O)C12OC3CCCC(C)C3(C)C1OC2=O. The third kappa shape index (κ3) is 1.03. The van der Waals surface area contributed by atoms with Crippen molar-refractivity contribution >= 4 is 11.8 Å². The number of fused-ring (bicyclic) bond motifs is 3. The smallest absolute Gasteiger partial charge is 0.350 e. The van der Waals surface area contributed by atoms with Crippen molar-refractivity contribution in [1.82, 2.24) is 0 Å². The number of esters is 1. The van der Waals surface area contributed by atoms with E-state index in [0.717, 1.165) is 19.3 Å². The van der Waals surface area contributed by atoms with Crippen LogP contribution < -0.4 is 0 Å². The summed E-state index contributed by atoms with van der Waals surface area (Å²) in [5, 5.41) is 0. The highest BCUT2D eigenvalue weighted by molar-refractivity contribution is 6.11. The van der Waals surface area contributed by atoms with E-state index in [0.29, 0.717) is 5.92 Å². The normalized spacial score (nSPS) is 52.2. The van der Waals surface area contributed by atoms with Gasteiger partial charge >= 0.3 is 5.97 Å². The molecule has 2 saturated heterocycles.